The van der Waals surface area contributed by atoms with Crippen molar-refractivity contribution in [3.8, 4) is 5.75 Å². The van der Waals surface area contributed by atoms with Crippen LogP contribution in [0.25, 0.3) is 0 Å². The van der Waals surface area contributed by atoms with E-state index in [1.165, 1.54) is 6.07 Å². The van der Waals surface area contributed by atoms with Gasteiger partial charge >= 0.3 is 6.18 Å². The first kappa shape index (κ1) is 17.4. The zero-order chi connectivity index (χ0) is 16.2. The number of ketones is 1. The summed E-state index contributed by atoms with van der Waals surface area (Å²) in [4.78, 5) is 10.6. The maximum absolute atomic E-state index is 13.6. The van der Waals surface area contributed by atoms with Gasteiger partial charge < -0.3 is 4.74 Å². The first-order valence-electron chi connectivity index (χ1n) is 5.67. The van der Waals surface area contributed by atoms with Crippen molar-refractivity contribution in [2.75, 3.05) is 5.43 Å². The summed E-state index contributed by atoms with van der Waals surface area (Å²) < 4.78 is 55.1. The third-order valence-corrected chi connectivity index (χ3v) is 2.65. The molecule has 0 bridgehead atoms. The molecule has 0 heterocycles. The molecular weight excluding hydrogens is 360 g/mol. The Hall–Kier alpha value is -1.64. The Morgan fingerprint density at radius 1 is 1.43 bits per heavy atom. The zero-order valence-corrected chi connectivity index (χ0v) is 12.5. The minimum atomic E-state index is -5.02. The highest BCUT2D eigenvalue weighted by Crippen LogP contribution is 2.31. The van der Waals surface area contributed by atoms with Gasteiger partial charge in [-0.3, -0.25) is 10.2 Å². The molecule has 0 unspecified atom stereocenters. The molecule has 1 aromatic carbocycles. The number of anilines is 1. The molecule has 9 heteroatoms. The first-order chi connectivity index (χ1) is 9.61. The van der Waals surface area contributed by atoms with Crippen molar-refractivity contribution in [1.82, 2.24) is 0 Å². The summed E-state index contributed by atoms with van der Waals surface area (Å²) in [6, 6.07) is 2.29. The van der Waals surface area contributed by atoms with E-state index in [4.69, 9.17) is 4.74 Å². The Morgan fingerprint density at radius 3 is 2.57 bits per heavy atom. The van der Waals surface area contributed by atoms with Crippen LogP contribution in [0.5, 0.6) is 5.75 Å². The van der Waals surface area contributed by atoms with Crippen LogP contribution < -0.4 is 10.2 Å². The standard InChI is InChI=1S/C12H11BrF4N2O2/c1-6(2)21-10-4-9(8(14)3-7(10)13)19-18-5-11(20)12(15,16)17/h3-6,19H,1-2H3/b18-5-. The SMILES string of the molecule is CC(C)Oc1cc(N/N=C\C(=O)C(F)(F)F)c(F)cc1Br. The second-order valence-electron chi connectivity index (χ2n) is 4.16. The molecule has 4 nitrogen and oxygen atoms in total. The van der Waals surface area contributed by atoms with Gasteiger partial charge in [0, 0.05) is 6.07 Å². The van der Waals surface area contributed by atoms with E-state index in [1.54, 1.807) is 13.8 Å². The molecule has 0 atom stereocenters. The molecule has 1 rings (SSSR count). The van der Waals surface area contributed by atoms with E-state index in [-0.39, 0.29) is 23.8 Å². The number of benzene rings is 1. The van der Waals surface area contributed by atoms with Crippen LogP contribution in [0.15, 0.2) is 21.7 Å². The smallest absolute Gasteiger partial charge is 0.455 e. The van der Waals surface area contributed by atoms with E-state index in [0.29, 0.717) is 4.47 Å². The number of ether oxygens (including phenoxy) is 1. The molecule has 0 amide bonds. The van der Waals surface area contributed by atoms with Crippen molar-refractivity contribution in [3.05, 3.63) is 22.4 Å². The Labute approximate surface area is 126 Å². The minimum Gasteiger partial charge on any atom is -0.490 e. The monoisotopic (exact) mass is 370 g/mol. The number of rotatable bonds is 5. The highest BCUT2D eigenvalue weighted by Gasteiger charge is 2.36. The number of carbonyl (C=O) groups is 1. The molecule has 0 aromatic heterocycles. The van der Waals surface area contributed by atoms with Crippen molar-refractivity contribution < 1.29 is 27.1 Å². The fourth-order valence-corrected chi connectivity index (χ4v) is 1.60. The van der Waals surface area contributed by atoms with E-state index in [2.05, 4.69) is 21.0 Å². The van der Waals surface area contributed by atoms with Crippen molar-refractivity contribution >= 4 is 33.6 Å². The highest BCUT2D eigenvalue weighted by atomic mass is 79.9. The Bertz CT molecular complexity index is 559. The third-order valence-electron chi connectivity index (χ3n) is 2.03. The van der Waals surface area contributed by atoms with Crippen LogP contribution in [-0.4, -0.2) is 24.3 Å². The summed E-state index contributed by atoms with van der Waals surface area (Å²) in [5, 5.41) is 3.06. The number of hydrazone groups is 1. The lowest BCUT2D eigenvalue weighted by molar-refractivity contribution is -0.162. The normalized spacial score (nSPS) is 12.0. The zero-order valence-electron chi connectivity index (χ0n) is 11.0. The van der Waals surface area contributed by atoms with Gasteiger partial charge in [0.2, 0.25) is 0 Å². The van der Waals surface area contributed by atoms with E-state index in [1.807, 2.05) is 5.43 Å². The molecule has 0 aliphatic rings. The van der Waals surface area contributed by atoms with Gasteiger partial charge in [-0.15, -0.1) is 0 Å². The van der Waals surface area contributed by atoms with Gasteiger partial charge in [-0.05, 0) is 35.8 Å². The second-order valence-corrected chi connectivity index (χ2v) is 5.02. The second kappa shape index (κ2) is 6.88. The van der Waals surface area contributed by atoms with Gasteiger partial charge in [-0.25, -0.2) is 4.39 Å². The third kappa shape index (κ3) is 5.33. The molecule has 0 aliphatic heterocycles. The van der Waals surface area contributed by atoms with Crippen molar-refractivity contribution in [2.45, 2.75) is 26.1 Å². The number of nitrogens with one attached hydrogen (secondary N) is 1. The number of hydrogen-bond acceptors (Lipinski definition) is 4. The van der Waals surface area contributed by atoms with Gasteiger partial charge in [0.1, 0.15) is 11.6 Å². The number of hydrogen-bond donors (Lipinski definition) is 1. The Balaban J connectivity index is 2.89. The van der Waals surface area contributed by atoms with Crippen LogP contribution in [0.1, 0.15) is 13.8 Å². The topological polar surface area (TPSA) is 50.7 Å². The Morgan fingerprint density at radius 2 is 2.05 bits per heavy atom. The highest BCUT2D eigenvalue weighted by molar-refractivity contribution is 9.10. The summed E-state index contributed by atoms with van der Waals surface area (Å²) in [7, 11) is 0. The van der Waals surface area contributed by atoms with Gasteiger partial charge in [-0.1, -0.05) is 0 Å². The number of carbonyl (C=O) groups excluding carboxylic acids is 1. The van der Waals surface area contributed by atoms with Crippen LogP contribution in [-0.2, 0) is 4.79 Å². The molecular formula is C12H11BrF4N2O2. The van der Waals surface area contributed by atoms with E-state index in [0.717, 1.165) is 6.07 Å². The minimum absolute atomic E-state index is 0.0322. The summed E-state index contributed by atoms with van der Waals surface area (Å²) >= 11 is 3.09. The number of alkyl halides is 3. The average Bonchev–Trinajstić information content (AvgIpc) is 2.32. The molecule has 21 heavy (non-hydrogen) atoms. The molecule has 116 valence electrons. The van der Waals surface area contributed by atoms with E-state index in [9.17, 15) is 22.4 Å². The summed E-state index contributed by atoms with van der Waals surface area (Å²) in [5.41, 5.74) is 1.81. The quantitative estimate of drug-likeness (QED) is 0.485. The molecule has 1 N–H and O–H groups in total. The van der Waals surface area contributed by atoms with Gasteiger partial charge in [0.15, 0.2) is 0 Å². The molecule has 0 saturated heterocycles. The molecule has 0 aliphatic carbocycles. The number of nitrogens with zero attached hydrogens (tertiary/aromatic N) is 1. The van der Waals surface area contributed by atoms with Gasteiger partial charge in [-0.2, -0.15) is 18.3 Å². The first-order valence-corrected chi connectivity index (χ1v) is 6.46. The van der Waals surface area contributed by atoms with Crippen LogP contribution in [0.4, 0.5) is 23.2 Å². The van der Waals surface area contributed by atoms with Crippen molar-refractivity contribution in [1.29, 1.82) is 0 Å². The Kier molecular flexibility index (Phi) is 5.70. The molecule has 0 radical (unpaired) electrons. The fourth-order valence-electron chi connectivity index (χ4n) is 1.19. The molecule has 0 saturated carbocycles. The van der Waals surface area contributed by atoms with Crippen molar-refractivity contribution in [2.24, 2.45) is 5.10 Å². The largest absolute Gasteiger partial charge is 0.490 e. The lowest BCUT2D eigenvalue weighted by Gasteiger charge is -2.13. The maximum Gasteiger partial charge on any atom is 0.455 e. The van der Waals surface area contributed by atoms with Crippen LogP contribution >= 0.6 is 15.9 Å². The number of Topliss-reactive ketones (excluding diaryl/α,β-unsaturated/α-hetero) is 1. The van der Waals surface area contributed by atoms with Crippen molar-refractivity contribution in [3.63, 3.8) is 0 Å². The van der Waals surface area contributed by atoms with Gasteiger partial charge in [0.25, 0.3) is 5.78 Å². The summed E-state index contributed by atoms with van der Waals surface area (Å²) in [5.74, 6) is -2.63. The number of halogens is 5. The van der Waals surface area contributed by atoms with Crippen LogP contribution in [0.3, 0.4) is 0 Å². The van der Waals surface area contributed by atoms with Gasteiger partial charge in [0.05, 0.1) is 22.5 Å². The van der Waals surface area contributed by atoms with Crippen LogP contribution in [0.2, 0.25) is 0 Å². The summed E-state index contributed by atoms with van der Waals surface area (Å²) in [6.45, 7) is 3.51. The van der Waals surface area contributed by atoms with Crippen LogP contribution in [0, 0.1) is 5.82 Å². The summed E-state index contributed by atoms with van der Waals surface area (Å²) in [6.07, 6.45) is -5.17. The average molecular weight is 371 g/mol. The van der Waals surface area contributed by atoms with E-state index >= 15 is 0 Å². The predicted octanol–water partition coefficient (Wildman–Crippen LogP) is 3.90. The molecule has 0 spiro atoms. The lowest BCUT2D eigenvalue weighted by Crippen LogP contribution is -2.24. The molecule has 0 fully saturated rings. The fraction of sp³-hybridized carbons (Fsp3) is 0.333. The molecule has 1 aromatic rings. The predicted molar refractivity (Wildman–Crippen MR) is 73.0 cm³/mol. The van der Waals surface area contributed by atoms with E-state index < -0.39 is 17.8 Å². The lowest BCUT2D eigenvalue weighted by atomic mass is 10.3. The maximum atomic E-state index is 13.6.